The van der Waals surface area contributed by atoms with E-state index in [1.54, 1.807) is 0 Å². The zero-order chi connectivity index (χ0) is 19.4. The molecule has 27 heavy (non-hydrogen) atoms. The first-order chi connectivity index (χ1) is 13.0. The molecule has 0 bridgehead atoms. The second kappa shape index (κ2) is 8.09. The van der Waals surface area contributed by atoms with Crippen molar-refractivity contribution in [1.29, 1.82) is 0 Å². The Morgan fingerprint density at radius 1 is 1.26 bits per heavy atom. The van der Waals surface area contributed by atoms with Gasteiger partial charge in [-0.1, -0.05) is 23.4 Å². The van der Waals surface area contributed by atoms with E-state index in [1.165, 1.54) is 5.56 Å². The number of aromatic amines is 1. The fourth-order valence-electron chi connectivity index (χ4n) is 3.00. The highest BCUT2D eigenvalue weighted by Crippen LogP contribution is 2.21. The monoisotopic (exact) mass is 368 g/mol. The van der Waals surface area contributed by atoms with Gasteiger partial charge in [-0.3, -0.25) is 9.69 Å². The third kappa shape index (κ3) is 4.37. The van der Waals surface area contributed by atoms with Crippen molar-refractivity contribution in [3.05, 3.63) is 52.6 Å². The Morgan fingerprint density at radius 3 is 2.74 bits per heavy atom. The topological polar surface area (TPSA) is 105 Å². The van der Waals surface area contributed by atoms with Crippen LogP contribution in [0.15, 0.2) is 24.3 Å². The number of benzene rings is 1. The Labute approximate surface area is 157 Å². The van der Waals surface area contributed by atoms with Crippen LogP contribution in [0, 0.1) is 20.8 Å². The van der Waals surface area contributed by atoms with E-state index in [2.05, 4.69) is 51.9 Å². The summed E-state index contributed by atoms with van der Waals surface area (Å²) in [6.07, 6.45) is 0. The number of H-pyrrole nitrogens is 1. The molecule has 0 saturated heterocycles. The summed E-state index contributed by atoms with van der Waals surface area (Å²) in [6, 6.07) is 8.17. The zero-order valence-electron chi connectivity index (χ0n) is 16.0. The highest BCUT2D eigenvalue weighted by Gasteiger charge is 2.16. The van der Waals surface area contributed by atoms with Crippen LogP contribution < -0.4 is 5.32 Å². The van der Waals surface area contributed by atoms with Crippen molar-refractivity contribution in [1.82, 2.24) is 40.6 Å². The number of nitrogens with zero attached hydrogens (tertiary/aromatic N) is 6. The predicted molar refractivity (Wildman–Crippen MR) is 100 cm³/mol. The minimum absolute atomic E-state index is 0.0936. The van der Waals surface area contributed by atoms with E-state index >= 15 is 0 Å². The van der Waals surface area contributed by atoms with Gasteiger partial charge in [-0.25, -0.2) is 4.68 Å². The number of rotatable bonds is 7. The minimum Gasteiger partial charge on any atom is -0.348 e. The number of hydrogen-bond acceptors (Lipinski definition) is 6. The molecule has 2 heterocycles. The molecule has 1 amide bonds. The summed E-state index contributed by atoms with van der Waals surface area (Å²) in [5.74, 6) is 0.362. The average Bonchev–Trinajstić information content (AvgIpc) is 3.24. The summed E-state index contributed by atoms with van der Waals surface area (Å²) in [5.41, 5.74) is 5.43. The first-order valence-corrected chi connectivity index (χ1v) is 8.74. The first kappa shape index (κ1) is 18.7. The third-order valence-corrected chi connectivity index (χ3v) is 4.46. The molecule has 9 heteroatoms. The van der Waals surface area contributed by atoms with E-state index in [4.69, 9.17) is 5.10 Å². The summed E-state index contributed by atoms with van der Waals surface area (Å²) in [6.45, 7) is 7.30. The molecule has 3 aromatic rings. The number of hydrogen-bond donors (Lipinski definition) is 2. The Bertz CT molecular complexity index is 916. The number of tetrazole rings is 1. The van der Waals surface area contributed by atoms with Crippen molar-refractivity contribution in [3.8, 4) is 5.69 Å². The smallest absolute Gasteiger partial charge is 0.234 e. The lowest BCUT2D eigenvalue weighted by Crippen LogP contribution is -2.34. The first-order valence-electron chi connectivity index (χ1n) is 8.74. The number of aryl methyl sites for hydroxylation is 2. The van der Waals surface area contributed by atoms with Crippen LogP contribution in [0.4, 0.5) is 0 Å². The Morgan fingerprint density at radius 2 is 2.04 bits per heavy atom. The lowest BCUT2D eigenvalue weighted by molar-refractivity contribution is -0.122. The fourth-order valence-corrected chi connectivity index (χ4v) is 3.00. The molecule has 142 valence electrons. The summed E-state index contributed by atoms with van der Waals surface area (Å²) < 4.78 is 1.98. The quantitative estimate of drug-likeness (QED) is 0.646. The zero-order valence-corrected chi connectivity index (χ0v) is 16.0. The van der Waals surface area contributed by atoms with Crippen LogP contribution in [-0.4, -0.2) is 54.8 Å². The second-order valence-electron chi connectivity index (χ2n) is 6.62. The van der Waals surface area contributed by atoms with Gasteiger partial charge in [-0.2, -0.15) is 10.3 Å². The van der Waals surface area contributed by atoms with Gasteiger partial charge in [0, 0.05) is 17.8 Å². The van der Waals surface area contributed by atoms with Crippen LogP contribution in [-0.2, 0) is 17.9 Å². The largest absolute Gasteiger partial charge is 0.348 e. The van der Waals surface area contributed by atoms with Gasteiger partial charge in [0.05, 0.1) is 24.5 Å². The molecular formula is C18H24N8O. The van der Waals surface area contributed by atoms with Crippen LogP contribution in [0.5, 0.6) is 0 Å². The molecule has 0 radical (unpaired) electrons. The van der Waals surface area contributed by atoms with Crippen LogP contribution in [0.2, 0.25) is 0 Å². The van der Waals surface area contributed by atoms with Gasteiger partial charge in [-0.05, 0) is 39.4 Å². The Kier molecular flexibility index (Phi) is 5.60. The molecule has 0 aliphatic heterocycles. The standard InChI is InChI=1S/C18H24N8O/c1-12-7-5-6-8-16(12)26-14(3)15(13(2)22-26)10-25(4)11-18(27)19-9-17-20-23-24-21-17/h5-8H,9-11H2,1-4H3,(H,19,27)(H,20,21,23,24). The van der Waals surface area contributed by atoms with Gasteiger partial charge in [-0.15, -0.1) is 10.2 Å². The number of carbonyl (C=O) groups is 1. The molecule has 0 spiro atoms. The number of nitrogens with one attached hydrogen (secondary N) is 2. The SMILES string of the molecule is Cc1ccccc1-n1nc(C)c(CN(C)CC(=O)NCc2nn[nH]n2)c1C. The highest BCUT2D eigenvalue weighted by molar-refractivity contribution is 5.77. The maximum atomic E-state index is 12.1. The van der Waals surface area contributed by atoms with Crippen molar-refractivity contribution >= 4 is 5.91 Å². The van der Waals surface area contributed by atoms with Gasteiger partial charge < -0.3 is 5.32 Å². The summed E-state index contributed by atoms with van der Waals surface area (Å²) >= 11 is 0. The minimum atomic E-state index is -0.0936. The molecule has 9 nitrogen and oxygen atoms in total. The van der Waals surface area contributed by atoms with E-state index < -0.39 is 0 Å². The summed E-state index contributed by atoms with van der Waals surface area (Å²) in [7, 11) is 1.91. The molecule has 0 fully saturated rings. The molecule has 0 aliphatic rings. The lowest BCUT2D eigenvalue weighted by Gasteiger charge is -2.16. The number of aromatic nitrogens is 6. The number of para-hydroxylation sites is 1. The molecule has 3 rings (SSSR count). The summed E-state index contributed by atoms with van der Waals surface area (Å²) in [5, 5.41) is 20.9. The number of likely N-dealkylation sites (N-methyl/N-ethyl adjacent to an activating group) is 1. The van der Waals surface area contributed by atoms with E-state index in [9.17, 15) is 4.79 Å². The van der Waals surface area contributed by atoms with Gasteiger partial charge >= 0.3 is 0 Å². The Balaban J connectivity index is 1.65. The molecule has 0 unspecified atom stereocenters. The Hall–Kier alpha value is -3.07. The van der Waals surface area contributed by atoms with Crippen molar-refractivity contribution in [3.63, 3.8) is 0 Å². The molecule has 0 aliphatic carbocycles. The second-order valence-corrected chi connectivity index (χ2v) is 6.62. The van der Waals surface area contributed by atoms with Crippen LogP contribution in [0.25, 0.3) is 5.69 Å². The molecular weight excluding hydrogens is 344 g/mol. The summed E-state index contributed by atoms with van der Waals surface area (Å²) in [4.78, 5) is 14.1. The van der Waals surface area contributed by atoms with Crippen LogP contribution in [0.3, 0.4) is 0 Å². The van der Waals surface area contributed by atoms with Crippen molar-refractivity contribution in [2.45, 2.75) is 33.9 Å². The van der Waals surface area contributed by atoms with Crippen molar-refractivity contribution in [2.75, 3.05) is 13.6 Å². The maximum absolute atomic E-state index is 12.1. The van der Waals surface area contributed by atoms with Gasteiger partial charge in [0.2, 0.25) is 5.91 Å². The van der Waals surface area contributed by atoms with E-state index in [0.717, 1.165) is 22.6 Å². The van der Waals surface area contributed by atoms with E-state index in [-0.39, 0.29) is 19.0 Å². The predicted octanol–water partition coefficient (Wildman–Crippen LogP) is 1.06. The molecule has 2 aromatic heterocycles. The van der Waals surface area contributed by atoms with Crippen LogP contribution in [0.1, 0.15) is 28.3 Å². The van der Waals surface area contributed by atoms with Gasteiger partial charge in [0.1, 0.15) is 0 Å². The maximum Gasteiger partial charge on any atom is 0.234 e. The highest BCUT2D eigenvalue weighted by atomic mass is 16.2. The van der Waals surface area contributed by atoms with Crippen molar-refractivity contribution < 1.29 is 4.79 Å². The fraction of sp³-hybridized carbons (Fsp3) is 0.389. The number of amides is 1. The van der Waals surface area contributed by atoms with Crippen molar-refractivity contribution in [2.24, 2.45) is 0 Å². The number of carbonyl (C=O) groups excluding carboxylic acids is 1. The molecule has 0 atom stereocenters. The average molecular weight is 368 g/mol. The normalized spacial score (nSPS) is 11.1. The van der Waals surface area contributed by atoms with Gasteiger partial charge in [0.15, 0.2) is 5.82 Å². The van der Waals surface area contributed by atoms with E-state index in [1.807, 2.05) is 35.7 Å². The van der Waals surface area contributed by atoms with Crippen LogP contribution >= 0.6 is 0 Å². The van der Waals surface area contributed by atoms with Gasteiger partial charge in [0.25, 0.3) is 0 Å². The molecule has 0 saturated carbocycles. The lowest BCUT2D eigenvalue weighted by atomic mass is 10.1. The third-order valence-electron chi connectivity index (χ3n) is 4.46. The molecule has 1 aromatic carbocycles. The molecule has 2 N–H and O–H groups in total. The van der Waals surface area contributed by atoms with E-state index in [0.29, 0.717) is 12.4 Å².